The predicted octanol–water partition coefficient (Wildman–Crippen LogP) is 3.36. The normalized spacial score (nSPS) is 11.8. The number of unbranched alkanes of at least 4 members (excludes halogenated alkanes) is 1. The molecule has 0 bridgehead atoms. The molecule has 1 N–H and O–H groups in total. The van der Waals surface area contributed by atoms with Gasteiger partial charge in [-0.1, -0.05) is 13.3 Å². The van der Waals surface area contributed by atoms with Gasteiger partial charge in [0.1, 0.15) is 0 Å². The van der Waals surface area contributed by atoms with Gasteiger partial charge in [-0.25, -0.2) is 4.98 Å². The molecule has 6 heteroatoms. The molecule has 0 atom stereocenters. The summed E-state index contributed by atoms with van der Waals surface area (Å²) in [7, 11) is 0. The molecule has 1 heterocycles. The van der Waals surface area contributed by atoms with Gasteiger partial charge in [0, 0.05) is 19.3 Å². The summed E-state index contributed by atoms with van der Waals surface area (Å²) in [4.78, 5) is 4.17. The van der Waals surface area contributed by atoms with Crippen LogP contribution in [0.4, 0.5) is 19.1 Å². The maximum atomic E-state index is 12.0. The molecule has 0 saturated heterocycles. The Labute approximate surface area is 99.0 Å². The van der Waals surface area contributed by atoms with Gasteiger partial charge in [-0.2, -0.15) is 13.2 Å². The number of alkyl halides is 3. The van der Waals surface area contributed by atoms with Gasteiger partial charge in [0.25, 0.3) is 0 Å². The Morgan fingerprint density at radius 1 is 1.41 bits per heavy atom. The summed E-state index contributed by atoms with van der Waals surface area (Å²) in [5.74, 6) is 0.528. The molecule has 0 radical (unpaired) electrons. The van der Waals surface area contributed by atoms with Crippen LogP contribution in [0.25, 0.3) is 0 Å². The average Bonchev–Trinajstić information content (AvgIpc) is 2.54. The maximum absolute atomic E-state index is 12.0. The number of hydrogen-bond donors (Lipinski definition) is 1. The molecule has 17 heavy (non-hydrogen) atoms. The lowest BCUT2D eigenvalue weighted by atomic mass is 10.3. The number of rotatable bonds is 6. The first-order valence-corrected chi connectivity index (χ1v) is 5.77. The van der Waals surface area contributed by atoms with Crippen LogP contribution in [0, 0.1) is 6.92 Å². The number of hydrogen-bond acceptors (Lipinski definition) is 2. The number of nitrogens with zero attached hydrogens (tertiary/aromatic N) is 2. The van der Waals surface area contributed by atoms with Gasteiger partial charge in [0.05, 0.1) is 12.1 Å². The van der Waals surface area contributed by atoms with Gasteiger partial charge >= 0.3 is 6.18 Å². The number of nitrogens with one attached hydrogen (secondary N) is 1. The second-order valence-electron chi connectivity index (χ2n) is 4.04. The molecular formula is C11H18F3N3. The summed E-state index contributed by atoms with van der Waals surface area (Å²) in [5, 5.41) is 2.73. The van der Waals surface area contributed by atoms with Crippen molar-refractivity contribution in [3.8, 4) is 0 Å². The topological polar surface area (TPSA) is 29.9 Å². The van der Waals surface area contributed by atoms with Crippen molar-refractivity contribution < 1.29 is 13.2 Å². The third kappa shape index (κ3) is 5.10. The molecular weight excluding hydrogens is 231 g/mol. The van der Waals surface area contributed by atoms with Crippen LogP contribution in [-0.4, -0.2) is 22.3 Å². The van der Waals surface area contributed by atoms with E-state index in [1.165, 1.54) is 0 Å². The lowest BCUT2D eigenvalue weighted by Gasteiger charge is -2.10. The van der Waals surface area contributed by atoms with Crippen molar-refractivity contribution in [3.63, 3.8) is 0 Å². The van der Waals surface area contributed by atoms with Crippen LogP contribution in [0.5, 0.6) is 0 Å². The highest BCUT2D eigenvalue weighted by Gasteiger charge is 2.26. The second kappa shape index (κ2) is 5.93. The van der Waals surface area contributed by atoms with Crippen LogP contribution in [0.15, 0.2) is 6.20 Å². The first-order chi connectivity index (χ1) is 7.92. The molecule has 0 aliphatic rings. The van der Waals surface area contributed by atoms with E-state index in [-0.39, 0.29) is 6.54 Å². The number of aromatic nitrogens is 2. The van der Waals surface area contributed by atoms with E-state index in [9.17, 15) is 13.2 Å². The van der Waals surface area contributed by atoms with Gasteiger partial charge in [-0.15, -0.1) is 0 Å². The van der Waals surface area contributed by atoms with Crippen molar-refractivity contribution in [2.24, 2.45) is 0 Å². The number of halogens is 3. The zero-order valence-corrected chi connectivity index (χ0v) is 10.1. The monoisotopic (exact) mass is 249 g/mol. The highest BCUT2D eigenvalue weighted by molar-refractivity contribution is 5.28. The molecule has 0 fully saturated rings. The Morgan fingerprint density at radius 3 is 2.71 bits per heavy atom. The third-order valence-corrected chi connectivity index (χ3v) is 2.34. The predicted molar refractivity (Wildman–Crippen MR) is 61.0 cm³/mol. The number of imidazole rings is 1. The van der Waals surface area contributed by atoms with Crippen LogP contribution in [0.3, 0.4) is 0 Å². The lowest BCUT2D eigenvalue weighted by molar-refractivity contribution is -0.131. The van der Waals surface area contributed by atoms with E-state index in [2.05, 4.69) is 17.2 Å². The fourth-order valence-electron chi connectivity index (χ4n) is 1.50. The van der Waals surface area contributed by atoms with E-state index in [1.54, 1.807) is 0 Å². The molecule has 0 spiro atoms. The van der Waals surface area contributed by atoms with Crippen molar-refractivity contribution in [3.05, 3.63) is 11.9 Å². The average molecular weight is 249 g/mol. The van der Waals surface area contributed by atoms with E-state index >= 15 is 0 Å². The fourth-order valence-corrected chi connectivity index (χ4v) is 1.50. The van der Waals surface area contributed by atoms with Crippen LogP contribution >= 0.6 is 0 Å². The standard InChI is InChI=1S/C11H18F3N3/c1-3-4-7-17-8-9(2)16-10(17)15-6-5-11(12,13)14/h8H,3-7H2,1-2H3,(H,15,16). The minimum atomic E-state index is -4.12. The molecule has 98 valence electrons. The minimum absolute atomic E-state index is 0.133. The molecule has 1 aromatic heterocycles. The summed E-state index contributed by atoms with van der Waals surface area (Å²) >= 11 is 0. The maximum Gasteiger partial charge on any atom is 0.390 e. The summed E-state index contributed by atoms with van der Waals surface area (Å²) in [6.45, 7) is 4.55. The van der Waals surface area contributed by atoms with Crippen molar-refractivity contribution in [1.29, 1.82) is 0 Å². The van der Waals surface area contributed by atoms with Crippen LogP contribution in [-0.2, 0) is 6.54 Å². The summed E-state index contributed by atoms with van der Waals surface area (Å²) in [6.07, 6.45) is -1.08. The van der Waals surface area contributed by atoms with E-state index in [4.69, 9.17) is 0 Å². The molecule has 1 rings (SSSR count). The van der Waals surface area contributed by atoms with E-state index in [1.807, 2.05) is 17.7 Å². The van der Waals surface area contributed by atoms with Crippen LogP contribution in [0.2, 0.25) is 0 Å². The Morgan fingerprint density at radius 2 is 2.12 bits per heavy atom. The molecule has 0 aromatic carbocycles. The van der Waals surface area contributed by atoms with Gasteiger partial charge in [0.2, 0.25) is 5.95 Å². The van der Waals surface area contributed by atoms with Crippen LogP contribution < -0.4 is 5.32 Å². The highest BCUT2D eigenvalue weighted by Crippen LogP contribution is 2.19. The Bertz CT molecular complexity index is 344. The van der Waals surface area contributed by atoms with Gasteiger partial charge in [-0.05, 0) is 13.3 Å². The number of aryl methyl sites for hydroxylation is 2. The Hall–Kier alpha value is -1.20. The molecule has 0 saturated carbocycles. The van der Waals surface area contributed by atoms with E-state index in [0.29, 0.717) is 5.95 Å². The van der Waals surface area contributed by atoms with Crippen molar-refractivity contribution in [2.75, 3.05) is 11.9 Å². The Kier molecular flexibility index (Phi) is 4.84. The van der Waals surface area contributed by atoms with Gasteiger partial charge in [-0.3, -0.25) is 0 Å². The zero-order valence-electron chi connectivity index (χ0n) is 10.1. The van der Waals surface area contributed by atoms with Gasteiger partial charge < -0.3 is 9.88 Å². The first-order valence-electron chi connectivity index (χ1n) is 5.77. The third-order valence-electron chi connectivity index (χ3n) is 2.34. The van der Waals surface area contributed by atoms with Gasteiger partial charge in [0.15, 0.2) is 0 Å². The summed E-state index contributed by atoms with van der Waals surface area (Å²) in [5.41, 5.74) is 0.815. The summed E-state index contributed by atoms with van der Waals surface area (Å²) < 4.78 is 37.9. The van der Waals surface area contributed by atoms with E-state index in [0.717, 1.165) is 25.1 Å². The lowest BCUT2D eigenvalue weighted by Crippen LogP contribution is -2.16. The molecule has 1 aromatic rings. The highest BCUT2D eigenvalue weighted by atomic mass is 19.4. The molecule has 3 nitrogen and oxygen atoms in total. The first kappa shape index (κ1) is 13.9. The fraction of sp³-hybridized carbons (Fsp3) is 0.727. The van der Waals surface area contributed by atoms with Crippen molar-refractivity contribution >= 4 is 5.95 Å². The smallest absolute Gasteiger partial charge is 0.355 e. The van der Waals surface area contributed by atoms with Crippen molar-refractivity contribution in [2.45, 2.75) is 45.8 Å². The molecule has 0 aliphatic heterocycles. The number of anilines is 1. The summed E-state index contributed by atoms with van der Waals surface area (Å²) in [6, 6.07) is 0. The SMILES string of the molecule is CCCCn1cc(C)nc1NCCC(F)(F)F. The molecule has 0 unspecified atom stereocenters. The second-order valence-corrected chi connectivity index (χ2v) is 4.04. The largest absolute Gasteiger partial charge is 0.390 e. The van der Waals surface area contributed by atoms with Crippen LogP contribution in [0.1, 0.15) is 31.9 Å². The zero-order chi connectivity index (χ0) is 12.9. The quantitative estimate of drug-likeness (QED) is 0.837. The van der Waals surface area contributed by atoms with E-state index < -0.39 is 12.6 Å². The Balaban J connectivity index is 2.51. The minimum Gasteiger partial charge on any atom is -0.355 e. The molecule has 0 aliphatic carbocycles. The van der Waals surface area contributed by atoms with Crippen molar-refractivity contribution in [1.82, 2.24) is 9.55 Å². The molecule has 0 amide bonds.